The summed E-state index contributed by atoms with van der Waals surface area (Å²) in [5.74, 6) is -1.41. The lowest BCUT2D eigenvalue weighted by Crippen LogP contribution is -2.33. The number of anilines is 1. The SMILES string of the molecule is CCCn1c(SCC(=O)NCC(=O)Nc2ccc(F)cc2)nc2ccc(C(F)(F)F)cc21. The second-order valence-electron chi connectivity index (χ2n) is 6.87. The third-order valence-electron chi connectivity index (χ3n) is 4.39. The van der Waals surface area contributed by atoms with Crippen molar-refractivity contribution in [2.45, 2.75) is 31.2 Å². The number of hydrogen-bond acceptors (Lipinski definition) is 4. The van der Waals surface area contributed by atoms with Gasteiger partial charge in [-0.15, -0.1) is 0 Å². The molecule has 2 amide bonds. The highest BCUT2D eigenvalue weighted by Gasteiger charge is 2.31. The van der Waals surface area contributed by atoms with E-state index in [0.717, 1.165) is 23.9 Å². The van der Waals surface area contributed by atoms with Gasteiger partial charge in [0.15, 0.2) is 5.16 Å². The molecule has 2 N–H and O–H groups in total. The van der Waals surface area contributed by atoms with Crippen LogP contribution in [-0.4, -0.2) is 33.7 Å². The van der Waals surface area contributed by atoms with E-state index in [-0.39, 0.29) is 12.3 Å². The normalized spacial score (nSPS) is 11.5. The van der Waals surface area contributed by atoms with Crippen LogP contribution in [0.15, 0.2) is 47.6 Å². The fourth-order valence-electron chi connectivity index (χ4n) is 2.93. The lowest BCUT2D eigenvalue weighted by atomic mass is 10.2. The van der Waals surface area contributed by atoms with Crippen LogP contribution in [0.4, 0.5) is 23.2 Å². The topological polar surface area (TPSA) is 76.0 Å². The Labute approximate surface area is 185 Å². The molecule has 0 bridgehead atoms. The zero-order chi connectivity index (χ0) is 23.3. The Morgan fingerprint density at radius 3 is 2.47 bits per heavy atom. The number of imidazole rings is 1. The fraction of sp³-hybridized carbons (Fsp3) is 0.286. The largest absolute Gasteiger partial charge is 0.416 e. The van der Waals surface area contributed by atoms with Crippen molar-refractivity contribution in [3.63, 3.8) is 0 Å². The Morgan fingerprint density at radius 2 is 1.81 bits per heavy atom. The average Bonchev–Trinajstić information content (AvgIpc) is 3.09. The predicted molar refractivity (Wildman–Crippen MR) is 114 cm³/mol. The summed E-state index contributed by atoms with van der Waals surface area (Å²) < 4.78 is 53.7. The first-order valence-electron chi connectivity index (χ1n) is 9.69. The molecule has 6 nitrogen and oxygen atoms in total. The minimum absolute atomic E-state index is 0.0665. The van der Waals surface area contributed by atoms with Crippen molar-refractivity contribution in [2.24, 2.45) is 0 Å². The van der Waals surface area contributed by atoms with Crippen LogP contribution in [0.5, 0.6) is 0 Å². The predicted octanol–water partition coefficient (Wildman–Crippen LogP) is 4.45. The van der Waals surface area contributed by atoms with Gasteiger partial charge in [-0.2, -0.15) is 13.2 Å². The van der Waals surface area contributed by atoms with Crippen molar-refractivity contribution >= 4 is 40.3 Å². The number of carbonyl (C=O) groups excluding carboxylic acids is 2. The molecule has 1 heterocycles. The molecule has 0 radical (unpaired) electrons. The van der Waals surface area contributed by atoms with Crippen LogP contribution in [0.3, 0.4) is 0 Å². The maximum absolute atomic E-state index is 13.1. The minimum atomic E-state index is -4.46. The number of thioether (sulfide) groups is 1. The number of nitrogens with one attached hydrogen (secondary N) is 2. The third-order valence-corrected chi connectivity index (χ3v) is 5.37. The highest BCUT2D eigenvalue weighted by molar-refractivity contribution is 7.99. The number of aryl methyl sites for hydroxylation is 1. The van der Waals surface area contributed by atoms with E-state index in [9.17, 15) is 27.2 Å². The summed E-state index contributed by atoms with van der Waals surface area (Å²) in [5.41, 5.74) is 0.395. The van der Waals surface area contributed by atoms with Crippen molar-refractivity contribution in [3.8, 4) is 0 Å². The molecule has 0 saturated heterocycles. The molecule has 0 spiro atoms. The lowest BCUT2D eigenvalue weighted by Gasteiger charge is -2.10. The first kappa shape index (κ1) is 23.6. The van der Waals surface area contributed by atoms with E-state index in [2.05, 4.69) is 15.6 Å². The smallest absolute Gasteiger partial charge is 0.346 e. The molecule has 0 aliphatic heterocycles. The Hall–Kier alpha value is -3.08. The number of fused-ring (bicyclic) bond motifs is 1. The summed E-state index contributed by atoms with van der Waals surface area (Å²) in [4.78, 5) is 28.4. The van der Waals surface area contributed by atoms with Crippen molar-refractivity contribution < 1.29 is 27.2 Å². The molecule has 170 valence electrons. The molecule has 0 aliphatic rings. The van der Waals surface area contributed by atoms with Crippen LogP contribution in [0.25, 0.3) is 11.0 Å². The fourth-order valence-corrected chi connectivity index (χ4v) is 3.80. The number of rotatable bonds is 8. The molecule has 32 heavy (non-hydrogen) atoms. The number of benzene rings is 2. The van der Waals surface area contributed by atoms with Crippen molar-refractivity contribution in [1.82, 2.24) is 14.9 Å². The molecule has 0 fully saturated rings. The van der Waals surface area contributed by atoms with E-state index >= 15 is 0 Å². The number of hydrogen-bond donors (Lipinski definition) is 2. The van der Waals surface area contributed by atoms with Gasteiger partial charge in [0.25, 0.3) is 0 Å². The van der Waals surface area contributed by atoms with E-state index in [4.69, 9.17) is 0 Å². The quantitative estimate of drug-likeness (QED) is 0.378. The average molecular weight is 468 g/mol. The molecule has 0 aliphatic carbocycles. The van der Waals surface area contributed by atoms with E-state index in [0.29, 0.717) is 34.8 Å². The Morgan fingerprint density at radius 1 is 1.09 bits per heavy atom. The number of amides is 2. The molecule has 3 rings (SSSR count). The Balaban J connectivity index is 1.60. The van der Waals surface area contributed by atoms with Crippen molar-refractivity contribution in [2.75, 3.05) is 17.6 Å². The molecule has 0 atom stereocenters. The minimum Gasteiger partial charge on any atom is -0.346 e. The molecule has 11 heteroatoms. The van der Waals surface area contributed by atoms with Crippen molar-refractivity contribution in [3.05, 3.63) is 53.8 Å². The van der Waals surface area contributed by atoms with Crippen LogP contribution >= 0.6 is 11.8 Å². The standard InChI is InChI=1S/C21H20F4N4O2S/c1-2-9-29-17-10-13(21(23,24)25)3-8-16(17)28-20(29)32-12-19(31)26-11-18(30)27-15-6-4-14(22)5-7-15/h3-8,10H,2,9,11-12H2,1H3,(H,26,31)(H,27,30). The van der Waals surface area contributed by atoms with Gasteiger partial charge in [0.05, 0.1) is 28.9 Å². The highest BCUT2D eigenvalue weighted by Crippen LogP contribution is 2.33. The van der Waals surface area contributed by atoms with Gasteiger partial charge in [-0.05, 0) is 48.9 Å². The van der Waals surface area contributed by atoms with E-state index in [1.165, 1.54) is 30.3 Å². The molecule has 3 aromatic rings. The summed E-state index contributed by atoms with van der Waals surface area (Å²) >= 11 is 1.08. The van der Waals surface area contributed by atoms with Crippen LogP contribution < -0.4 is 10.6 Å². The summed E-state index contributed by atoms with van der Waals surface area (Å²) in [6, 6.07) is 8.54. The highest BCUT2D eigenvalue weighted by atomic mass is 32.2. The van der Waals surface area contributed by atoms with Gasteiger partial charge in [-0.3, -0.25) is 9.59 Å². The van der Waals surface area contributed by atoms with Crippen LogP contribution in [0.2, 0.25) is 0 Å². The van der Waals surface area contributed by atoms with Gasteiger partial charge in [-0.1, -0.05) is 18.7 Å². The second kappa shape index (κ2) is 10.0. The van der Waals surface area contributed by atoms with Gasteiger partial charge in [0, 0.05) is 12.2 Å². The molecule has 2 aromatic carbocycles. The number of carbonyl (C=O) groups is 2. The summed E-state index contributed by atoms with van der Waals surface area (Å²) in [7, 11) is 0. The van der Waals surface area contributed by atoms with E-state index in [1.807, 2.05) is 6.92 Å². The van der Waals surface area contributed by atoms with Crippen molar-refractivity contribution in [1.29, 1.82) is 0 Å². The first-order valence-corrected chi connectivity index (χ1v) is 10.7. The van der Waals surface area contributed by atoms with Gasteiger partial charge >= 0.3 is 6.18 Å². The molecule has 0 saturated carbocycles. The number of halogens is 4. The number of nitrogens with zero attached hydrogens (tertiary/aromatic N) is 2. The lowest BCUT2D eigenvalue weighted by molar-refractivity contribution is -0.137. The Bertz CT molecular complexity index is 1110. The zero-order valence-electron chi connectivity index (χ0n) is 17.0. The van der Waals surface area contributed by atoms with Crippen LogP contribution in [0.1, 0.15) is 18.9 Å². The van der Waals surface area contributed by atoms with Gasteiger partial charge < -0.3 is 15.2 Å². The molecule has 0 unspecified atom stereocenters. The van der Waals surface area contributed by atoms with E-state index in [1.54, 1.807) is 4.57 Å². The zero-order valence-corrected chi connectivity index (χ0v) is 17.8. The van der Waals surface area contributed by atoms with Gasteiger partial charge in [-0.25, -0.2) is 9.37 Å². The first-order chi connectivity index (χ1) is 15.2. The summed E-state index contributed by atoms with van der Waals surface area (Å²) in [6.45, 7) is 2.05. The number of alkyl halides is 3. The van der Waals surface area contributed by atoms with Crippen LogP contribution in [-0.2, 0) is 22.3 Å². The maximum Gasteiger partial charge on any atom is 0.416 e. The Kier molecular flexibility index (Phi) is 7.39. The number of aromatic nitrogens is 2. The van der Waals surface area contributed by atoms with E-state index < -0.39 is 29.4 Å². The third kappa shape index (κ3) is 6.00. The maximum atomic E-state index is 13.1. The van der Waals surface area contributed by atoms with Crippen LogP contribution in [0, 0.1) is 5.82 Å². The van der Waals surface area contributed by atoms with Gasteiger partial charge in [0.2, 0.25) is 11.8 Å². The molecule has 1 aromatic heterocycles. The summed E-state index contributed by atoms with van der Waals surface area (Å²) in [5, 5.41) is 5.41. The molecular formula is C21H20F4N4O2S. The second-order valence-corrected chi connectivity index (χ2v) is 7.81. The summed E-state index contributed by atoms with van der Waals surface area (Å²) in [6.07, 6.45) is -3.79. The monoisotopic (exact) mass is 468 g/mol. The van der Waals surface area contributed by atoms with Gasteiger partial charge in [0.1, 0.15) is 5.82 Å². The molecular weight excluding hydrogens is 448 g/mol.